The summed E-state index contributed by atoms with van der Waals surface area (Å²) in [7, 11) is 1.57. The Bertz CT molecular complexity index is 749. The predicted molar refractivity (Wildman–Crippen MR) is 73.7 cm³/mol. The fourth-order valence-corrected chi connectivity index (χ4v) is 3.08. The normalized spacial score (nSPS) is 18.7. The van der Waals surface area contributed by atoms with Gasteiger partial charge in [0.15, 0.2) is 11.5 Å². The first-order chi connectivity index (χ1) is 10.0. The highest BCUT2D eigenvalue weighted by molar-refractivity contribution is 7.10. The minimum atomic E-state index is -0.723. The average Bonchev–Trinajstić information content (AvgIpc) is 3.11. The second-order valence-electron chi connectivity index (χ2n) is 4.49. The first-order valence-corrected chi connectivity index (χ1v) is 6.93. The molecule has 1 N–H and O–H groups in total. The molecule has 108 valence electrons. The number of ketones is 1. The van der Waals surface area contributed by atoms with Crippen LogP contribution in [0.4, 0.5) is 5.95 Å². The number of anilines is 1. The maximum absolute atomic E-state index is 12.3. The number of Topliss-reactive ketones (excluding diaryl/α,β-unsaturated/α-hetero) is 1. The van der Waals surface area contributed by atoms with Gasteiger partial charge in [0.2, 0.25) is 0 Å². The molecule has 0 radical (unpaired) electrons. The van der Waals surface area contributed by atoms with Crippen LogP contribution in [-0.2, 0) is 16.6 Å². The van der Waals surface area contributed by atoms with Gasteiger partial charge in [-0.15, -0.1) is 16.4 Å². The lowest BCUT2D eigenvalue weighted by Crippen LogP contribution is -2.31. The number of tetrazole rings is 1. The maximum atomic E-state index is 12.3. The highest BCUT2D eigenvalue weighted by atomic mass is 32.1. The van der Waals surface area contributed by atoms with Crippen LogP contribution >= 0.6 is 11.3 Å². The zero-order valence-electron chi connectivity index (χ0n) is 11.2. The number of nitrogens with zero attached hydrogens (tertiary/aromatic N) is 5. The van der Waals surface area contributed by atoms with Gasteiger partial charge in [0.05, 0.1) is 12.6 Å². The topological polar surface area (TPSA) is 101 Å². The van der Waals surface area contributed by atoms with E-state index >= 15 is 0 Å². The van der Waals surface area contributed by atoms with Gasteiger partial charge in [-0.05, 0) is 23.6 Å². The lowest BCUT2D eigenvalue weighted by atomic mass is 10.0. The van der Waals surface area contributed by atoms with Crippen LogP contribution in [0.25, 0.3) is 0 Å². The van der Waals surface area contributed by atoms with E-state index in [1.165, 1.54) is 28.0 Å². The summed E-state index contributed by atoms with van der Waals surface area (Å²) in [6, 6.07) is 2.87. The molecule has 21 heavy (non-hydrogen) atoms. The molecule has 2 aromatic rings. The van der Waals surface area contributed by atoms with E-state index < -0.39 is 17.7 Å². The molecule has 9 heteroatoms. The van der Waals surface area contributed by atoms with E-state index in [2.05, 4.69) is 15.4 Å². The molecule has 1 amide bonds. The third-order valence-electron chi connectivity index (χ3n) is 3.11. The fraction of sp³-hybridized carbons (Fsp3) is 0.250. The number of thiophene rings is 1. The Balaban J connectivity index is 2.16. The summed E-state index contributed by atoms with van der Waals surface area (Å²) >= 11 is 1.38. The maximum Gasteiger partial charge on any atom is 0.296 e. The van der Waals surface area contributed by atoms with Crippen LogP contribution in [0.2, 0.25) is 0 Å². The van der Waals surface area contributed by atoms with Crippen LogP contribution < -0.4 is 4.90 Å². The zero-order valence-corrected chi connectivity index (χ0v) is 12.0. The molecular formula is C12H11N5O3S. The summed E-state index contributed by atoms with van der Waals surface area (Å²) in [6.07, 6.45) is 0. The summed E-state index contributed by atoms with van der Waals surface area (Å²) in [5, 5.41) is 23.3. The number of aliphatic hydroxyl groups excluding tert-OH is 1. The Morgan fingerprint density at radius 1 is 1.48 bits per heavy atom. The van der Waals surface area contributed by atoms with Crippen molar-refractivity contribution < 1.29 is 14.7 Å². The van der Waals surface area contributed by atoms with Crippen molar-refractivity contribution in [3.63, 3.8) is 0 Å². The molecule has 0 aromatic carbocycles. The van der Waals surface area contributed by atoms with Crippen molar-refractivity contribution in [2.24, 2.45) is 7.05 Å². The molecule has 0 bridgehead atoms. The molecule has 0 saturated carbocycles. The van der Waals surface area contributed by atoms with E-state index in [1.54, 1.807) is 19.2 Å². The van der Waals surface area contributed by atoms with Crippen molar-refractivity contribution in [3.8, 4) is 0 Å². The molecule has 8 nitrogen and oxygen atoms in total. The largest absolute Gasteiger partial charge is 0.503 e. The van der Waals surface area contributed by atoms with Gasteiger partial charge in [-0.25, -0.2) is 0 Å². The SMILES string of the molecule is CC(=O)C1=C(O)C(=O)N(c2nnn(C)n2)[C@H]1c1cccs1. The second-order valence-corrected chi connectivity index (χ2v) is 5.47. The zero-order chi connectivity index (χ0) is 15.1. The van der Waals surface area contributed by atoms with Crippen LogP contribution in [0.1, 0.15) is 17.8 Å². The third kappa shape index (κ3) is 2.02. The number of carbonyl (C=O) groups is 2. The molecule has 0 saturated heterocycles. The van der Waals surface area contributed by atoms with Crippen LogP contribution in [-0.4, -0.2) is 37.0 Å². The minimum absolute atomic E-state index is 0.0451. The van der Waals surface area contributed by atoms with Gasteiger partial charge in [-0.3, -0.25) is 14.5 Å². The van der Waals surface area contributed by atoms with Crippen molar-refractivity contribution in [2.45, 2.75) is 13.0 Å². The van der Waals surface area contributed by atoms with Crippen LogP contribution in [0.15, 0.2) is 28.8 Å². The van der Waals surface area contributed by atoms with E-state index in [0.29, 0.717) is 0 Å². The summed E-state index contributed by atoms with van der Waals surface area (Å²) in [6.45, 7) is 1.31. The molecule has 3 heterocycles. The quantitative estimate of drug-likeness (QED) is 0.898. The van der Waals surface area contributed by atoms with Gasteiger partial charge >= 0.3 is 0 Å². The number of aliphatic hydroxyl groups is 1. The molecule has 0 unspecified atom stereocenters. The Hall–Kier alpha value is -2.55. The van der Waals surface area contributed by atoms with Gasteiger partial charge < -0.3 is 5.11 Å². The molecule has 1 atom stereocenters. The molecule has 3 rings (SSSR count). The number of hydrogen-bond acceptors (Lipinski definition) is 7. The predicted octanol–water partition coefficient (Wildman–Crippen LogP) is 0.761. The first-order valence-electron chi connectivity index (χ1n) is 6.05. The van der Waals surface area contributed by atoms with Gasteiger partial charge in [0.1, 0.15) is 6.04 Å². The van der Waals surface area contributed by atoms with Crippen molar-refractivity contribution in [2.75, 3.05) is 4.90 Å². The lowest BCUT2D eigenvalue weighted by Gasteiger charge is -2.21. The summed E-state index contributed by atoms with van der Waals surface area (Å²) in [5.74, 6) is -1.59. The molecule has 0 aliphatic carbocycles. The van der Waals surface area contributed by atoms with E-state index in [1.807, 2.05) is 5.38 Å². The fourth-order valence-electron chi connectivity index (χ4n) is 2.26. The molecule has 1 aliphatic heterocycles. The average molecular weight is 305 g/mol. The number of hydrogen-bond donors (Lipinski definition) is 1. The number of amides is 1. The molecule has 1 aliphatic rings. The second kappa shape index (κ2) is 4.77. The smallest absolute Gasteiger partial charge is 0.296 e. The number of aryl methyl sites for hydroxylation is 1. The van der Waals surface area contributed by atoms with E-state index in [0.717, 1.165) is 4.88 Å². The first kappa shape index (κ1) is 13.4. The Labute approximate surface area is 123 Å². The number of rotatable bonds is 3. The number of carbonyl (C=O) groups excluding carboxylic acids is 2. The highest BCUT2D eigenvalue weighted by Crippen LogP contribution is 2.40. The van der Waals surface area contributed by atoms with Crippen LogP contribution in [0.5, 0.6) is 0 Å². The standard InChI is InChI=1S/C12H11N5O3S/c1-6(18)8-9(7-4-3-5-21-7)17(11(20)10(8)19)12-13-15-16(2)14-12/h3-5,9,19H,1-2H3/t9-/m0/s1. The Morgan fingerprint density at radius 3 is 2.76 bits per heavy atom. The van der Waals surface area contributed by atoms with Crippen molar-refractivity contribution in [3.05, 3.63) is 33.7 Å². The van der Waals surface area contributed by atoms with E-state index in [-0.39, 0.29) is 17.3 Å². The van der Waals surface area contributed by atoms with Crippen molar-refractivity contribution >= 4 is 29.0 Å². The molecule has 0 spiro atoms. The van der Waals surface area contributed by atoms with Crippen LogP contribution in [0.3, 0.4) is 0 Å². The summed E-state index contributed by atoms with van der Waals surface area (Å²) in [5.41, 5.74) is 0.0508. The van der Waals surface area contributed by atoms with Gasteiger partial charge in [0, 0.05) is 4.88 Å². The van der Waals surface area contributed by atoms with Crippen molar-refractivity contribution in [1.29, 1.82) is 0 Å². The summed E-state index contributed by atoms with van der Waals surface area (Å²) in [4.78, 5) is 27.3. The van der Waals surface area contributed by atoms with Gasteiger partial charge in [-0.1, -0.05) is 11.2 Å². The molecule has 2 aromatic heterocycles. The molecular weight excluding hydrogens is 294 g/mol. The Kier molecular flexibility index (Phi) is 3.05. The van der Waals surface area contributed by atoms with E-state index in [4.69, 9.17) is 0 Å². The Morgan fingerprint density at radius 2 is 2.24 bits per heavy atom. The van der Waals surface area contributed by atoms with Crippen molar-refractivity contribution in [1.82, 2.24) is 20.2 Å². The molecule has 0 fully saturated rings. The van der Waals surface area contributed by atoms with Gasteiger partial charge in [-0.2, -0.15) is 4.80 Å². The highest BCUT2D eigenvalue weighted by Gasteiger charge is 2.45. The third-order valence-corrected chi connectivity index (χ3v) is 4.04. The lowest BCUT2D eigenvalue weighted by molar-refractivity contribution is -0.117. The van der Waals surface area contributed by atoms with Crippen LogP contribution in [0, 0.1) is 0 Å². The van der Waals surface area contributed by atoms with Gasteiger partial charge in [0.25, 0.3) is 11.9 Å². The monoisotopic (exact) mass is 305 g/mol. The minimum Gasteiger partial charge on any atom is -0.503 e. The van der Waals surface area contributed by atoms with E-state index in [9.17, 15) is 14.7 Å². The summed E-state index contributed by atoms with van der Waals surface area (Å²) < 4.78 is 0. The number of aromatic nitrogens is 4.